The van der Waals surface area contributed by atoms with Gasteiger partial charge in [-0.25, -0.2) is 13.6 Å². The zero-order chi connectivity index (χ0) is 14.0. The maximum absolute atomic E-state index is 13.3. The molecule has 1 amide bonds. The number of amides is 1. The van der Waals surface area contributed by atoms with Gasteiger partial charge in [0.25, 0.3) is 0 Å². The Bertz CT molecular complexity index is 527. The van der Waals surface area contributed by atoms with E-state index in [0.29, 0.717) is 12.8 Å². The largest absolute Gasteiger partial charge is 0.480 e. The Kier molecular flexibility index (Phi) is 3.50. The third-order valence-corrected chi connectivity index (χ3v) is 3.17. The standard InChI is InChI=1S/C13H13F2NO3/c14-9-2-3-10(15)8(7-9)1-4-11(17)16-13(5-6-13)12(18)19/h2-3,7H,1,4-6H2,(H,16,17)(H,18,19). The molecule has 1 fully saturated rings. The minimum absolute atomic E-state index is 0.0329. The number of carbonyl (C=O) groups is 2. The van der Waals surface area contributed by atoms with E-state index in [9.17, 15) is 18.4 Å². The van der Waals surface area contributed by atoms with Gasteiger partial charge in [-0.1, -0.05) is 0 Å². The predicted octanol–water partition coefficient (Wildman–Crippen LogP) is 1.63. The van der Waals surface area contributed by atoms with E-state index in [2.05, 4.69) is 5.32 Å². The van der Waals surface area contributed by atoms with E-state index < -0.39 is 29.0 Å². The number of aryl methyl sites for hydroxylation is 1. The Morgan fingerprint density at radius 1 is 1.32 bits per heavy atom. The van der Waals surface area contributed by atoms with Crippen LogP contribution in [0.15, 0.2) is 18.2 Å². The zero-order valence-electron chi connectivity index (χ0n) is 10.1. The van der Waals surface area contributed by atoms with Crippen molar-refractivity contribution < 1.29 is 23.5 Å². The number of carboxylic acid groups (broad SMARTS) is 1. The van der Waals surface area contributed by atoms with Gasteiger partial charge in [0.1, 0.15) is 17.2 Å². The van der Waals surface area contributed by atoms with Gasteiger partial charge in [0.05, 0.1) is 0 Å². The molecule has 2 rings (SSSR count). The molecule has 0 radical (unpaired) electrons. The van der Waals surface area contributed by atoms with Crippen molar-refractivity contribution in [2.45, 2.75) is 31.2 Å². The van der Waals surface area contributed by atoms with Gasteiger partial charge in [-0.2, -0.15) is 0 Å². The van der Waals surface area contributed by atoms with Crippen LogP contribution in [0.2, 0.25) is 0 Å². The summed E-state index contributed by atoms with van der Waals surface area (Å²) in [5, 5.41) is 11.3. The Labute approximate surface area is 108 Å². The van der Waals surface area contributed by atoms with Crippen molar-refractivity contribution in [1.29, 1.82) is 0 Å². The van der Waals surface area contributed by atoms with E-state index in [1.807, 2.05) is 0 Å². The van der Waals surface area contributed by atoms with Crippen LogP contribution in [0.3, 0.4) is 0 Å². The second kappa shape index (κ2) is 4.95. The number of aliphatic carboxylic acids is 1. The third kappa shape index (κ3) is 3.07. The molecule has 1 saturated carbocycles. The van der Waals surface area contributed by atoms with Crippen LogP contribution in [-0.2, 0) is 16.0 Å². The van der Waals surface area contributed by atoms with E-state index in [0.717, 1.165) is 18.2 Å². The topological polar surface area (TPSA) is 66.4 Å². The molecular formula is C13H13F2NO3. The molecule has 19 heavy (non-hydrogen) atoms. The first kappa shape index (κ1) is 13.5. The molecule has 1 aliphatic rings. The Morgan fingerprint density at radius 2 is 2.00 bits per heavy atom. The van der Waals surface area contributed by atoms with Crippen molar-refractivity contribution in [3.63, 3.8) is 0 Å². The fourth-order valence-corrected chi connectivity index (χ4v) is 1.83. The van der Waals surface area contributed by atoms with Crippen LogP contribution in [0, 0.1) is 11.6 Å². The van der Waals surface area contributed by atoms with Gasteiger partial charge in [0, 0.05) is 6.42 Å². The van der Waals surface area contributed by atoms with E-state index in [1.54, 1.807) is 0 Å². The predicted molar refractivity (Wildman–Crippen MR) is 62.4 cm³/mol. The van der Waals surface area contributed by atoms with Crippen molar-refractivity contribution in [2.75, 3.05) is 0 Å². The lowest BCUT2D eigenvalue weighted by Gasteiger charge is -2.12. The maximum atomic E-state index is 13.3. The summed E-state index contributed by atoms with van der Waals surface area (Å²) in [6, 6.07) is 3.04. The molecule has 1 aromatic rings. The molecule has 2 N–H and O–H groups in total. The highest BCUT2D eigenvalue weighted by Crippen LogP contribution is 2.35. The molecule has 102 valence electrons. The van der Waals surface area contributed by atoms with Crippen LogP contribution in [-0.4, -0.2) is 22.5 Å². The molecule has 0 atom stereocenters. The number of carbonyl (C=O) groups excluding carboxylic acids is 1. The molecule has 0 bridgehead atoms. The number of hydrogen-bond donors (Lipinski definition) is 2. The molecule has 0 spiro atoms. The molecular weight excluding hydrogens is 256 g/mol. The van der Waals surface area contributed by atoms with Crippen molar-refractivity contribution in [3.05, 3.63) is 35.4 Å². The number of halogens is 2. The van der Waals surface area contributed by atoms with E-state index in [-0.39, 0.29) is 18.4 Å². The van der Waals surface area contributed by atoms with Gasteiger partial charge in [0.2, 0.25) is 5.91 Å². The average molecular weight is 269 g/mol. The van der Waals surface area contributed by atoms with Crippen molar-refractivity contribution in [3.8, 4) is 0 Å². The smallest absolute Gasteiger partial charge is 0.329 e. The molecule has 0 aliphatic heterocycles. The summed E-state index contributed by atoms with van der Waals surface area (Å²) in [5.74, 6) is -2.67. The lowest BCUT2D eigenvalue weighted by Crippen LogP contribution is -2.43. The highest BCUT2D eigenvalue weighted by molar-refractivity contribution is 5.89. The van der Waals surface area contributed by atoms with Crippen molar-refractivity contribution in [1.82, 2.24) is 5.32 Å². The van der Waals surface area contributed by atoms with Crippen LogP contribution in [0.25, 0.3) is 0 Å². The minimum Gasteiger partial charge on any atom is -0.480 e. The van der Waals surface area contributed by atoms with Gasteiger partial charge in [-0.05, 0) is 43.0 Å². The van der Waals surface area contributed by atoms with E-state index in [4.69, 9.17) is 5.11 Å². The minimum atomic E-state index is -1.14. The Hall–Kier alpha value is -1.98. The molecule has 1 aromatic carbocycles. The van der Waals surface area contributed by atoms with Crippen LogP contribution in [0.1, 0.15) is 24.8 Å². The van der Waals surface area contributed by atoms with Crippen LogP contribution in [0.4, 0.5) is 8.78 Å². The van der Waals surface area contributed by atoms with Gasteiger partial charge in [-0.15, -0.1) is 0 Å². The second-order valence-electron chi connectivity index (χ2n) is 4.67. The fraction of sp³-hybridized carbons (Fsp3) is 0.385. The van der Waals surface area contributed by atoms with Gasteiger partial charge >= 0.3 is 5.97 Å². The molecule has 4 nitrogen and oxygen atoms in total. The highest BCUT2D eigenvalue weighted by Gasteiger charge is 2.51. The molecule has 6 heteroatoms. The molecule has 0 unspecified atom stereocenters. The van der Waals surface area contributed by atoms with Gasteiger partial charge in [-0.3, -0.25) is 4.79 Å². The van der Waals surface area contributed by atoms with Crippen molar-refractivity contribution in [2.24, 2.45) is 0 Å². The first-order valence-corrected chi connectivity index (χ1v) is 5.91. The summed E-state index contributed by atoms with van der Waals surface area (Å²) in [6.07, 6.45) is 0.769. The number of rotatable bonds is 5. The lowest BCUT2D eigenvalue weighted by molar-refractivity contribution is -0.143. The number of carboxylic acids is 1. The molecule has 0 heterocycles. The first-order valence-electron chi connectivity index (χ1n) is 5.91. The Morgan fingerprint density at radius 3 is 2.58 bits per heavy atom. The lowest BCUT2D eigenvalue weighted by atomic mass is 10.1. The van der Waals surface area contributed by atoms with E-state index in [1.165, 1.54) is 0 Å². The van der Waals surface area contributed by atoms with E-state index >= 15 is 0 Å². The SMILES string of the molecule is O=C(CCc1cc(F)ccc1F)NC1(C(=O)O)CC1. The summed E-state index contributed by atoms with van der Waals surface area (Å²) >= 11 is 0. The monoisotopic (exact) mass is 269 g/mol. The molecule has 0 aromatic heterocycles. The summed E-state index contributed by atoms with van der Waals surface area (Å²) in [7, 11) is 0. The number of hydrogen-bond acceptors (Lipinski definition) is 2. The second-order valence-corrected chi connectivity index (χ2v) is 4.67. The zero-order valence-corrected chi connectivity index (χ0v) is 10.1. The summed E-state index contributed by atoms with van der Waals surface area (Å²) in [5.41, 5.74) is -1.03. The fourth-order valence-electron chi connectivity index (χ4n) is 1.83. The third-order valence-electron chi connectivity index (χ3n) is 3.17. The molecule has 0 saturated heterocycles. The number of nitrogens with one attached hydrogen (secondary N) is 1. The van der Waals surface area contributed by atoms with Crippen LogP contribution >= 0.6 is 0 Å². The summed E-state index contributed by atoms with van der Waals surface area (Å²) < 4.78 is 26.2. The number of benzene rings is 1. The molecule has 1 aliphatic carbocycles. The van der Waals surface area contributed by atoms with Crippen LogP contribution < -0.4 is 5.32 Å². The van der Waals surface area contributed by atoms with Gasteiger partial charge in [0.15, 0.2) is 0 Å². The first-order chi connectivity index (χ1) is 8.93. The van der Waals surface area contributed by atoms with Crippen LogP contribution in [0.5, 0.6) is 0 Å². The maximum Gasteiger partial charge on any atom is 0.329 e. The quantitative estimate of drug-likeness (QED) is 0.853. The summed E-state index contributed by atoms with van der Waals surface area (Å²) in [6.45, 7) is 0. The Balaban J connectivity index is 1.90. The average Bonchev–Trinajstić information content (AvgIpc) is 3.11. The summed E-state index contributed by atoms with van der Waals surface area (Å²) in [4.78, 5) is 22.4. The normalized spacial score (nSPS) is 15.9. The highest BCUT2D eigenvalue weighted by atomic mass is 19.1. The van der Waals surface area contributed by atoms with Gasteiger partial charge < -0.3 is 10.4 Å². The van der Waals surface area contributed by atoms with Crippen molar-refractivity contribution >= 4 is 11.9 Å².